The highest BCUT2D eigenvalue weighted by molar-refractivity contribution is 14.0. The van der Waals surface area contributed by atoms with Gasteiger partial charge in [-0.15, -0.1) is 24.0 Å². The van der Waals surface area contributed by atoms with Crippen molar-refractivity contribution < 1.29 is 9.47 Å². The van der Waals surface area contributed by atoms with Crippen LogP contribution in [0.5, 0.6) is 11.5 Å². The van der Waals surface area contributed by atoms with Gasteiger partial charge in [0.25, 0.3) is 0 Å². The Morgan fingerprint density at radius 2 is 1.81 bits per heavy atom. The molecule has 0 radical (unpaired) electrons. The number of ether oxygens (including phenoxy) is 2. The zero-order valence-corrected chi connectivity index (χ0v) is 18.5. The van der Waals surface area contributed by atoms with Gasteiger partial charge in [0.05, 0.1) is 19.9 Å². The number of nitrogens with two attached hydrogens (primary N) is 1. The second kappa shape index (κ2) is 12.3. The van der Waals surface area contributed by atoms with Crippen molar-refractivity contribution in [2.45, 2.75) is 12.8 Å². The summed E-state index contributed by atoms with van der Waals surface area (Å²) >= 11 is 0. The van der Waals surface area contributed by atoms with Crippen molar-refractivity contribution in [1.82, 2.24) is 0 Å². The Balaban J connectivity index is 0.00000364. The molecule has 0 spiro atoms. The highest BCUT2D eigenvalue weighted by Gasteiger charge is 2.06. The number of unbranched alkanes of at least 4 members (excludes halogenated alkanes) is 1. The van der Waals surface area contributed by atoms with Crippen LogP contribution in [0.3, 0.4) is 0 Å². The molecule has 2 aromatic carbocycles. The van der Waals surface area contributed by atoms with Gasteiger partial charge in [-0.25, -0.2) is 0 Å². The Kier molecular flexibility index (Phi) is 10.4. The molecule has 0 saturated heterocycles. The number of anilines is 2. The van der Waals surface area contributed by atoms with Crippen LogP contribution < -0.4 is 25.4 Å². The zero-order chi connectivity index (χ0) is 18.8. The maximum Gasteiger partial charge on any atom is 0.193 e. The van der Waals surface area contributed by atoms with E-state index in [1.807, 2.05) is 24.3 Å². The summed E-state index contributed by atoms with van der Waals surface area (Å²) in [5.74, 6) is 1.78. The van der Waals surface area contributed by atoms with Crippen LogP contribution in [0, 0.1) is 0 Å². The molecule has 0 heterocycles. The molecule has 6 nitrogen and oxygen atoms in total. The SMILES string of the molecule is COc1ccc(OC)c(NC(N)=NCCCCN(C)c2ccccc2)c1.I. The van der Waals surface area contributed by atoms with E-state index in [4.69, 9.17) is 15.2 Å². The van der Waals surface area contributed by atoms with Crippen LogP contribution in [0.2, 0.25) is 0 Å². The molecule has 2 rings (SSSR count). The summed E-state index contributed by atoms with van der Waals surface area (Å²) in [6.45, 7) is 1.66. The Labute approximate surface area is 178 Å². The van der Waals surface area contributed by atoms with E-state index in [-0.39, 0.29) is 24.0 Å². The lowest BCUT2D eigenvalue weighted by Gasteiger charge is -2.18. The molecule has 0 aliphatic heterocycles. The van der Waals surface area contributed by atoms with Gasteiger partial charge in [-0.2, -0.15) is 0 Å². The van der Waals surface area contributed by atoms with Crippen molar-refractivity contribution in [3.8, 4) is 11.5 Å². The number of para-hydroxylation sites is 1. The van der Waals surface area contributed by atoms with E-state index >= 15 is 0 Å². The van der Waals surface area contributed by atoms with Crippen LogP contribution in [0.25, 0.3) is 0 Å². The third kappa shape index (κ3) is 7.54. The predicted octanol–water partition coefficient (Wildman–Crippen LogP) is 3.97. The fourth-order valence-electron chi connectivity index (χ4n) is 2.56. The molecule has 27 heavy (non-hydrogen) atoms. The highest BCUT2D eigenvalue weighted by atomic mass is 127. The number of benzene rings is 2. The first kappa shape index (κ1) is 22.9. The summed E-state index contributed by atoms with van der Waals surface area (Å²) in [5, 5.41) is 3.07. The summed E-state index contributed by atoms with van der Waals surface area (Å²) < 4.78 is 10.5. The average molecular weight is 484 g/mol. The number of halogens is 1. The minimum Gasteiger partial charge on any atom is -0.497 e. The summed E-state index contributed by atoms with van der Waals surface area (Å²) in [6, 6.07) is 15.8. The van der Waals surface area contributed by atoms with Gasteiger partial charge in [-0.1, -0.05) is 18.2 Å². The number of nitrogens with one attached hydrogen (secondary N) is 1. The number of nitrogens with zero attached hydrogens (tertiary/aromatic N) is 2. The quantitative estimate of drug-likeness (QED) is 0.244. The first-order valence-corrected chi connectivity index (χ1v) is 8.69. The van der Waals surface area contributed by atoms with E-state index in [2.05, 4.69) is 46.5 Å². The van der Waals surface area contributed by atoms with Crippen molar-refractivity contribution in [2.24, 2.45) is 10.7 Å². The fourth-order valence-corrected chi connectivity index (χ4v) is 2.56. The van der Waals surface area contributed by atoms with E-state index in [0.29, 0.717) is 18.3 Å². The molecule has 0 aliphatic carbocycles. The van der Waals surface area contributed by atoms with Crippen molar-refractivity contribution in [3.05, 3.63) is 48.5 Å². The van der Waals surface area contributed by atoms with Crippen LogP contribution in [-0.4, -0.2) is 40.3 Å². The molecule has 7 heteroatoms. The van der Waals surface area contributed by atoms with Crippen LogP contribution in [0.1, 0.15) is 12.8 Å². The number of hydrogen-bond acceptors (Lipinski definition) is 4. The lowest BCUT2D eigenvalue weighted by atomic mass is 10.2. The van der Waals surface area contributed by atoms with E-state index in [1.165, 1.54) is 5.69 Å². The van der Waals surface area contributed by atoms with E-state index in [1.54, 1.807) is 14.2 Å². The summed E-state index contributed by atoms with van der Waals surface area (Å²) in [4.78, 5) is 6.63. The second-order valence-corrected chi connectivity index (χ2v) is 5.92. The summed E-state index contributed by atoms with van der Waals surface area (Å²) in [7, 11) is 5.34. The van der Waals surface area contributed by atoms with Gasteiger partial charge >= 0.3 is 0 Å². The fraction of sp³-hybridized carbons (Fsp3) is 0.350. The number of hydrogen-bond donors (Lipinski definition) is 2. The standard InChI is InChI=1S/C20H28N4O2.HI/c1-24(16-9-5-4-6-10-16)14-8-7-13-22-20(21)23-18-15-17(25-2)11-12-19(18)26-3;/h4-6,9-12,15H,7-8,13-14H2,1-3H3,(H3,21,22,23);1H. The molecule has 0 fully saturated rings. The van der Waals surface area contributed by atoms with Gasteiger partial charge in [0.1, 0.15) is 11.5 Å². The first-order valence-electron chi connectivity index (χ1n) is 8.69. The number of methoxy groups -OCH3 is 2. The molecule has 0 bridgehead atoms. The Bertz CT molecular complexity index is 710. The predicted molar refractivity (Wildman–Crippen MR) is 124 cm³/mol. The number of rotatable bonds is 9. The van der Waals surface area contributed by atoms with Crippen molar-refractivity contribution in [3.63, 3.8) is 0 Å². The van der Waals surface area contributed by atoms with E-state index in [0.717, 1.165) is 30.8 Å². The topological polar surface area (TPSA) is 72.1 Å². The maximum atomic E-state index is 5.99. The molecule has 0 saturated carbocycles. The monoisotopic (exact) mass is 484 g/mol. The van der Waals surface area contributed by atoms with Gasteiger partial charge < -0.3 is 25.4 Å². The first-order chi connectivity index (χ1) is 12.6. The van der Waals surface area contributed by atoms with Crippen molar-refractivity contribution in [2.75, 3.05) is 44.6 Å². The van der Waals surface area contributed by atoms with Crippen LogP contribution in [0.4, 0.5) is 11.4 Å². The zero-order valence-electron chi connectivity index (χ0n) is 16.1. The maximum absolute atomic E-state index is 5.99. The third-order valence-electron chi connectivity index (χ3n) is 4.05. The van der Waals surface area contributed by atoms with Gasteiger partial charge in [-0.3, -0.25) is 4.99 Å². The van der Waals surface area contributed by atoms with Gasteiger partial charge in [0, 0.05) is 31.9 Å². The smallest absolute Gasteiger partial charge is 0.193 e. The number of aliphatic imine (C=N–C) groups is 1. The van der Waals surface area contributed by atoms with Gasteiger partial charge in [-0.05, 0) is 37.1 Å². The average Bonchev–Trinajstić information content (AvgIpc) is 2.68. The molecular weight excluding hydrogens is 455 g/mol. The van der Waals surface area contributed by atoms with Crippen LogP contribution >= 0.6 is 24.0 Å². The molecule has 0 unspecified atom stereocenters. The van der Waals surface area contributed by atoms with Crippen molar-refractivity contribution in [1.29, 1.82) is 0 Å². The molecule has 3 N–H and O–H groups in total. The minimum atomic E-state index is 0. The largest absolute Gasteiger partial charge is 0.497 e. The Morgan fingerprint density at radius 1 is 1.07 bits per heavy atom. The van der Waals surface area contributed by atoms with Crippen molar-refractivity contribution >= 4 is 41.3 Å². The Hall–Kier alpha value is -2.16. The minimum absolute atomic E-state index is 0. The molecule has 148 valence electrons. The van der Waals surface area contributed by atoms with E-state index < -0.39 is 0 Å². The molecule has 2 aromatic rings. The third-order valence-corrected chi connectivity index (χ3v) is 4.05. The van der Waals surface area contributed by atoms with Gasteiger partial charge in [0.2, 0.25) is 0 Å². The molecule has 0 amide bonds. The van der Waals surface area contributed by atoms with Crippen LogP contribution in [-0.2, 0) is 0 Å². The van der Waals surface area contributed by atoms with Gasteiger partial charge in [0.15, 0.2) is 5.96 Å². The van der Waals surface area contributed by atoms with Crippen LogP contribution in [0.15, 0.2) is 53.5 Å². The molecule has 0 aromatic heterocycles. The normalized spacial score (nSPS) is 10.7. The molecule has 0 aliphatic rings. The number of guanidine groups is 1. The molecular formula is C20H29IN4O2. The lowest BCUT2D eigenvalue weighted by molar-refractivity contribution is 0.405. The lowest BCUT2D eigenvalue weighted by Crippen LogP contribution is -2.23. The summed E-state index contributed by atoms with van der Waals surface area (Å²) in [6.07, 6.45) is 2.01. The Morgan fingerprint density at radius 3 is 2.48 bits per heavy atom. The molecule has 0 atom stereocenters. The summed E-state index contributed by atoms with van der Waals surface area (Å²) in [5.41, 5.74) is 7.94. The van der Waals surface area contributed by atoms with E-state index in [9.17, 15) is 0 Å². The highest BCUT2D eigenvalue weighted by Crippen LogP contribution is 2.28. The second-order valence-electron chi connectivity index (χ2n) is 5.92.